The molecule has 2 amide bonds. The number of hydrogen-bond acceptors (Lipinski definition) is 4. The van der Waals surface area contributed by atoms with E-state index in [-0.39, 0.29) is 11.8 Å². The molecule has 0 aliphatic carbocycles. The summed E-state index contributed by atoms with van der Waals surface area (Å²) in [4.78, 5) is 30.9. The van der Waals surface area contributed by atoms with Crippen LogP contribution in [0.4, 0.5) is 11.4 Å². The fourth-order valence-corrected chi connectivity index (χ4v) is 3.21. The molecule has 7 nitrogen and oxygen atoms in total. The molecule has 0 spiro atoms. The van der Waals surface area contributed by atoms with Crippen LogP contribution in [-0.4, -0.2) is 33.5 Å². The number of amides is 2. The fraction of sp³-hybridized carbons (Fsp3) is 0.158. The van der Waals surface area contributed by atoms with Gasteiger partial charge in [-0.3, -0.25) is 14.7 Å². The van der Waals surface area contributed by atoms with Crippen molar-refractivity contribution in [2.24, 2.45) is 5.92 Å². The van der Waals surface area contributed by atoms with Gasteiger partial charge in [-0.05, 0) is 55.0 Å². The minimum absolute atomic E-state index is 0.201. The molecule has 0 radical (unpaired) electrons. The van der Waals surface area contributed by atoms with Gasteiger partial charge in [0.2, 0.25) is 11.8 Å². The van der Waals surface area contributed by atoms with Gasteiger partial charge < -0.3 is 10.2 Å². The van der Waals surface area contributed by atoms with Crippen LogP contribution in [0.1, 0.15) is 6.42 Å². The minimum Gasteiger partial charge on any atom is -0.325 e. The first kappa shape index (κ1) is 17.2. The average molecular weight is 382 g/mol. The molecule has 136 valence electrons. The number of nitrogens with zero attached hydrogens (tertiary/aromatic N) is 3. The molecule has 1 atom stereocenters. The number of hydrogen-bond donors (Lipinski definition) is 2. The van der Waals surface area contributed by atoms with Gasteiger partial charge in [0.1, 0.15) is 12.2 Å². The maximum Gasteiger partial charge on any atom is 0.239 e. The van der Waals surface area contributed by atoms with Crippen LogP contribution in [0.2, 0.25) is 5.02 Å². The Morgan fingerprint density at radius 1 is 1.15 bits per heavy atom. The smallest absolute Gasteiger partial charge is 0.239 e. The largest absolute Gasteiger partial charge is 0.325 e. The number of H-pyrrole nitrogens is 1. The fourth-order valence-electron chi connectivity index (χ4n) is 3.09. The predicted molar refractivity (Wildman–Crippen MR) is 102 cm³/mol. The van der Waals surface area contributed by atoms with Gasteiger partial charge in [-0.2, -0.15) is 5.10 Å². The van der Waals surface area contributed by atoms with Crippen molar-refractivity contribution in [2.45, 2.75) is 6.42 Å². The Bertz CT molecular complexity index is 955. The summed E-state index contributed by atoms with van der Waals surface area (Å²) in [5.74, 6) is -0.552. The molecule has 2 heterocycles. The number of nitrogens with one attached hydrogen (secondary N) is 2. The molecule has 2 N–H and O–H groups in total. The van der Waals surface area contributed by atoms with E-state index in [9.17, 15) is 9.59 Å². The lowest BCUT2D eigenvalue weighted by molar-refractivity contribution is -0.129. The zero-order valence-electron chi connectivity index (χ0n) is 14.2. The van der Waals surface area contributed by atoms with Gasteiger partial charge in [0.25, 0.3) is 0 Å². The molecule has 0 unspecified atom stereocenters. The van der Waals surface area contributed by atoms with Crippen LogP contribution in [0.5, 0.6) is 0 Å². The summed E-state index contributed by atoms with van der Waals surface area (Å²) in [6.07, 6.45) is 1.91. The summed E-state index contributed by atoms with van der Waals surface area (Å²) >= 11 is 5.89. The Morgan fingerprint density at radius 2 is 1.89 bits per heavy atom. The Labute approximate surface area is 160 Å². The second-order valence-electron chi connectivity index (χ2n) is 6.21. The third kappa shape index (κ3) is 3.54. The molecule has 1 fully saturated rings. The first-order chi connectivity index (χ1) is 13.1. The van der Waals surface area contributed by atoms with Crippen molar-refractivity contribution >= 4 is 34.8 Å². The molecular formula is C19H16ClN5O2. The normalized spacial score (nSPS) is 16.6. The molecule has 0 saturated carbocycles. The summed E-state index contributed by atoms with van der Waals surface area (Å²) in [6.45, 7) is 0.503. The van der Waals surface area contributed by atoms with Crippen molar-refractivity contribution in [1.29, 1.82) is 0 Å². The summed E-state index contributed by atoms with van der Waals surface area (Å²) in [5.41, 5.74) is 2.23. The van der Waals surface area contributed by atoms with Crippen LogP contribution in [0.15, 0.2) is 54.9 Å². The third-order valence-electron chi connectivity index (χ3n) is 4.50. The van der Waals surface area contributed by atoms with Gasteiger partial charge >= 0.3 is 0 Å². The lowest BCUT2D eigenvalue weighted by Gasteiger charge is -2.17. The highest BCUT2D eigenvalue weighted by molar-refractivity contribution is 6.30. The maximum absolute atomic E-state index is 12.6. The molecule has 4 rings (SSSR count). The van der Waals surface area contributed by atoms with Crippen LogP contribution in [0.25, 0.3) is 11.4 Å². The molecular weight excluding hydrogens is 366 g/mol. The van der Waals surface area contributed by atoms with Crippen molar-refractivity contribution < 1.29 is 9.59 Å². The van der Waals surface area contributed by atoms with Gasteiger partial charge in [-0.15, -0.1) is 0 Å². The standard InChI is InChI=1S/C19H16ClN5O2/c20-13-3-7-15(8-4-13)25-10-9-16(19(25)27)18(26)23-14-5-1-12(2-6-14)17-21-11-22-24-17/h1-8,11,16H,9-10H2,(H,23,26)(H,21,22,24)/t16-/m0/s1. The Morgan fingerprint density at radius 3 is 2.56 bits per heavy atom. The number of carbonyl (C=O) groups is 2. The summed E-state index contributed by atoms with van der Waals surface area (Å²) in [7, 11) is 0. The van der Waals surface area contributed by atoms with Crippen molar-refractivity contribution in [3.63, 3.8) is 0 Å². The van der Waals surface area contributed by atoms with Crippen LogP contribution < -0.4 is 10.2 Å². The second-order valence-corrected chi connectivity index (χ2v) is 6.64. The van der Waals surface area contributed by atoms with E-state index in [0.29, 0.717) is 29.5 Å². The zero-order valence-corrected chi connectivity index (χ0v) is 15.0. The van der Waals surface area contributed by atoms with Gasteiger partial charge in [0, 0.05) is 28.5 Å². The Hall–Kier alpha value is -3.19. The molecule has 1 saturated heterocycles. The highest BCUT2D eigenvalue weighted by Crippen LogP contribution is 2.27. The number of aromatic nitrogens is 3. The number of anilines is 2. The molecule has 3 aromatic rings. The summed E-state index contributed by atoms with van der Waals surface area (Å²) in [6, 6.07) is 14.2. The number of carbonyl (C=O) groups excluding carboxylic acids is 2. The first-order valence-corrected chi connectivity index (χ1v) is 8.83. The number of rotatable bonds is 4. The van der Waals surface area contributed by atoms with Crippen molar-refractivity contribution in [3.05, 3.63) is 59.9 Å². The van der Waals surface area contributed by atoms with Gasteiger partial charge in [-0.1, -0.05) is 11.6 Å². The monoisotopic (exact) mass is 381 g/mol. The van der Waals surface area contributed by atoms with E-state index >= 15 is 0 Å². The molecule has 8 heteroatoms. The van der Waals surface area contributed by atoms with E-state index < -0.39 is 5.92 Å². The molecule has 27 heavy (non-hydrogen) atoms. The van der Waals surface area contributed by atoms with Crippen molar-refractivity contribution in [1.82, 2.24) is 15.2 Å². The molecule has 1 aliphatic heterocycles. The van der Waals surface area contributed by atoms with Gasteiger partial charge in [0.15, 0.2) is 5.82 Å². The van der Waals surface area contributed by atoms with E-state index in [0.717, 1.165) is 11.3 Å². The van der Waals surface area contributed by atoms with Crippen LogP contribution in [0.3, 0.4) is 0 Å². The van der Waals surface area contributed by atoms with Gasteiger partial charge in [-0.25, -0.2) is 4.98 Å². The van der Waals surface area contributed by atoms with E-state index in [2.05, 4.69) is 20.5 Å². The van der Waals surface area contributed by atoms with Crippen LogP contribution >= 0.6 is 11.6 Å². The second kappa shape index (κ2) is 7.20. The van der Waals surface area contributed by atoms with E-state index in [1.165, 1.54) is 6.33 Å². The Kier molecular flexibility index (Phi) is 4.60. The maximum atomic E-state index is 12.6. The Balaban J connectivity index is 1.42. The molecule has 1 aromatic heterocycles. The topological polar surface area (TPSA) is 91.0 Å². The average Bonchev–Trinajstić information content (AvgIpc) is 3.33. The molecule has 2 aromatic carbocycles. The lowest BCUT2D eigenvalue weighted by atomic mass is 10.1. The van der Waals surface area contributed by atoms with Crippen molar-refractivity contribution in [2.75, 3.05) is 16.8 Å². The SMILES string of the molecule is O=C(Nc1ccc(-c2ncn[nH]2)cc1)[C@@H]1CCN(c2ccc(Cl)cc2)C1=O. The molecule has 1 aliphatic rings. The number of aromatic amines is 1. The van der Waals surface area contributed by atoms with E-state index in [4.69, 9.17) is 11.6 Å². The van der Waals surface area contributed by atoms with E-state index in [1.807, 2.05) is 12.1 Å². The summed E-state index contributed by atoms with van der Waals surface area (Å²) in [5, 5.41) is 10.0. The third-order valence-corrected chi connectivity index (χ3v) is 4.75. The first-order valence-electron chi connectivity index (χ1n) is 8.45. The highest BCUT2D eigenvalue weighted by atomic mass is 35.5. The lowest BCUT2D eigenvalue weighted by Crippen LogP contribution is -2.33. The number of benzene rings is 2. The summed E-state index contributed by atoms with van der Waals surface area (Å²) < 4.78 is 0. The van der Waals surface area contributed by atoms with Crippen LogP contribution in [0, 0.1) is 5.92 Å². The van der Waals surface area contributed by atoms with Gasteiger partial charge in [0.05, 0.1) is 0 Å². The van der Waals surface area contributed by atoms with E-state index in [1.54, 1.807) is 41.3 Å². The minimum atomic E-state index is -0.699. The molecule has 0 bridgehead atoms. The van der Waals surface area contributed by atoms with Crippen molar-refractivity contribution in [3.8, 4) is 11.4 Å². The zero-order chi connectivity index (χ0) is 18.8. The quantitative estimate of drug-likeness (QED) is 0.679. The number of halogens is 1. The van der Waals surface area contributed by atoms with Crippen LogP contribution in [-0.2, 0) is 9.59 Å². The highest BCUT2D eigenvalue weighted by Gasteiger charge is 2.37. The predicted octanol–water partition coefficient (Wildman–Crippen LogP) is 3.12.